The second-order valence-electron chi connectivity index (χ2n) is 8.61. The number of benzene rings is 3. The summed E-state index contributed by atoms with van der Waals surface area (Å²) in [6.07, 6.45) is 0. The van der Waals surface area contributed by atoms with E-state index < -0.39 is 23.3 Å². The van der Waals surface area contributed by atoms with Gasteiger partial charge in [-0.3, -0.25) is 14.5 Å². The van der Waals surface area contributed by atoms with Crippen LogP contribution in [0.4, 0.5) is 5.69 Å². The number of β-lactam (4-membered cyclic amide) rings is 1. The van der Waals surface area contributed by atoms with Crippen molar-refractivity contribution < 1.29 is 23.9 Å². The number of carboxylic acids is 1. The van der Waals surface area contributed by atoms with Crippen LogP contribution in [0.3, 0.4) is 0 Å². The molecule has 1 fully saturated rings. The third-order valence-corrected chi connectivity index (χ3v) is 8.81. The number of carbonyl (C=O) groups excluding carboxylic acids is 2. The number of rotatable bonds is 7. The van der Waals surface area contributed by atoms with E-state index in [1.165, 1.54) is 28.4 Å². The van der Waals surface area contributed by atoms with Crippen LogP contribution in [0, 0.1) is 0 Å². The highest BCUT2D eigenvalue weighted by molar-refractivity contribution is 8.06. The van der Waals surface area contributed by atoms with E-state index in [0.717, 1.165) is 32.5 Å². The van der Waals surface area contributed by atoms with Gasteiger partial charge in [0.15, 0.2) is 0 Å². The molecule has 4 aromatic rings. The lowest BCUT2D eigenvalue weighted by Crippen LogP contribution is -2.70. The number of nitrogens with one attached hydrogen (secondary N) is 2. The SMILES string of the molecule is O=C(CNc1ccccc1)N[C@@H]1C(=O)N2C(C(=O)O)=C(Sc3ccc4c(c3)oc3ccccc34)CS[C@@H]12. The van der Waals surface area contributed by atoms with Gasteiger partial charge in [0.25, 0.3) is 5.91 Å². The van der Waals surface area contributed by atoms with E-state index in [-0.39, 0.29) is 18.1 Å². The minimum absolute atomic E-state index is 0.0121. The summed E-state index contributed by atoms with van der Waals surface area (Å²) in [4.78, 5) is 40.3. The van der Waals surface area contributed by atoms with Crippen molar-refractivity contribution in [3.63, 3.8) is 0 Å². The van der Waals surface area contributed by atoms with Crippen LogP contribution in [-0.2, 0) is 14.4 Å². The van der Waals surface area contributed by atoms with Gasteiger partial charge in [0.2, 0.25) is 5.91 Å². The number of furan rings is 1. The first-order valence-electron chi connectivity index (χ1n) is 11.6. The number of carbonyl (C=O) groups is 3. The van der Waals surface area contributed by atoms with Crippen molar-refractivity contribution in [2.75, 3.05) is 17.6 Å². The molecule has 0 aliphatic carbocycles. The standard InChI is InChI=1S/C27H21N3O5S2/c31-22(13-28-15-6-2-1-3-7-15)29-23-25(32)30-24(27(33)34)21(14-36-26(23)30)37-16-10-11-18-17-8-4-5-9-19(17)35-20(18)12-16/h1-12,23,26,28H,13-14H2,(H,29,31)(H,33,34)/t23-,26+/m1/s1. The Hall–Kier alpha value is -3.89. The highest BCUT2D eigenvalue weighted by Crippen LogP contribution is 2.45. The lowest BCUT2D eigenvalue weighted by molar-refractivity contribution is -0.150. The number of anilines is 1. The fourth-order valence-corrected chi connectivity index (χ4v) is 7.05. The Morgan fingerprint density at radius 1 is 1.03 bits per heavy atom. The highest BCUT2D eigenvalue weighted by atomic mass is 32.2. The van der Waals surface area contributed by atoms with Crippen molar-refractivity contribution in [2.45, 2.75) is 16.3 Å². The molecule has 37 heavy (non-hydrogen) atoms. The molecule has 10 heteroatoms. The average Bonchev–Trinajstić information content (AvgIpc) is 3.28. The quantitative estimate of drug-likeness (QED) is 0.299. The fraction of sp³-hybridized carbons (Fsp3) is 0.148. The van der Waals surface area contributed by atoms with Crippen molar-refractivity contribution in [2.24, 2.45) is 0 Å². The molecule has 0 radical (unpaired) electrons. The van der Waals surface area contributed by atoms with Gasteiger partial charge in [0, 0.05) is 32.0 Å². The zero-order valence-electron chi connectivity index (χ0n) is 19.3. The molecule has 3 N–H and O–H groups in total. The van der Waals surface area contributed by atoms with Gasteiger partial charge in [0.05, 0.1) is 6.54 Å². The summed E-state index contributed by atoms with van der Waals surface area (Å²) in [6, 6.07) is 22.1. The molecule has 2 aliphatic rings. The van der Waals surface area contributed by atoms with E-state index in [4.69, 9.17) is 4.42 Å². The minimum Gasteiger partial charge on any atom is -0.477 e. The predicted molar refractivity (Wildman–Crippen MR) is 144 cm³/mol. The summed E-state index contributed by atoms with van der Waals surface area (Å²) < 4.78 is 5.96. The molecule has 1 aromatic heterocycles. The molecule has 2 atom stereocenters. The molecule has 6 rings (SSSR count). The predicted octanol–water partition coefficient (Wildman–Crippen LogP) is 4.49. The smallest absolute Gasteiger partial charge is 0.353 e. The Morgan fingerprint density at radius 3 is 2.59 bits per heavy atom. The van der Waals surface area contributed by atoms with Gasteiger partial charge in [-0.05, 0) is 36.4 Å². The van der Waals surface area contributed by atoms with Crippen molar-refractivity contribution in [1.82, 2.24) is 10.2 Å². The van der Waals surface area contributed by atoms with Crippen LogP contribution in [0.2, 0.25) is 0 Å². The molecule has 0 bridgehead atoms. The van der Waals surface area contributed by atoms with Crippen molar-refractivity contribution in [1.29, 1.82) is 0 Å². The molecule has 3 heterocycles. The summed E-state index contributed by atoms with van der Waals surface area (Å²) in [5, 5.41) is 17.3. The maximum atomic E-state index is 12.9. The van der Waals surface area contributed by atoms with Crippen LogP contribution in [0.5, 0.6) is 0 Å². The molecule has 0 unspecified atom stereocenters. The van der Waals surface area contributed by atoms with Gasteiger partial charge in [-0.15, -0.1) is 11.8 Å². The third kappa shape index (κ3) is 4.32. The van der Waals surface area contributed by atoms with Crippen molar-refractivity contribution in [3.8, 4) is 0 Å². The molecule has 0 saturated carbocycles. The second-order valence-corrected chi connectivity index (χ2v) is 10.9. The number of carboxylic acid groups (broad SMARTS) is 1. The monoisotopic (exact) mass is 531 g/mol. The maximum absolute atomic E-state index is 12.9. The Bertz CT molecular complexity index is 1580. The molecule has 186 valence electrons. The van der Waals surface area contributed by atoms with Crippen molar-refractivity contribution >= 4 is 68.9 Å². The van der Waals surface area contributed by atoms with Gasteiger partial charge in [-0.2, -0.15) is 0 Å². The Morgan fingerprint density at radius 2 is 1.78 bits per heavy atom. The first kappa shape index (κ1) is 23.5. The normalized spacial score (nSPS) is 19.0. The number of para-hydroxylation sites is 2. The van der Waals surface area contributed by atoms with Gasteiger partial charge < -0.3 is 20.2 Å². The Balaban J connectivity index is 1.18. The van der Waals surface area contributed by atoms with Gasteiger partial charge in [-0.1, -0.05) is 48.2 Å². The third-order valence-electron chi connectivity index (χ3n) is 6.27. The number of hydrogen-bond donors (Lipinski definition) is 3. The summed E-state index contributed by atoms with van der Waals surface area (Å²) >= 11 is 2.76. The zero-order valence-corrected chi connectivity index (χ0v) is 21.0. The van der Waals surface area contributed by atoms with Gasteiger partial charge in [-0.25, -0.2) is 4.79 Å². The molecule has 8 nitrogen and oxygen atoms in total. The van der Waals surface area contributed by atoms with E-state index in [0.29, 0.717) is 10.7 Å². The number of nitrogens with zero attached hydrogens (tertiary/aromatic N) is 1. The highest BCUT2D eigenvalue weighted by Gasteiger charge is 2.54. The number of amides is 2. The summed E-state index contributed by atoms with van der Waals surface area (Å²) in [6.45, 7) is 0.0121. The number of thioether (sulfide) groups is 2. The van der Waals surface area contributed by atoms with Crippen LogP contribution in [0.1, 0.15) is 0 Å². The molecular formula is C27H21N3O5S2. The van der Waals surface area contributed by atoms with Crippen LogP contribution in [0.15, 0.2) is 92.7 Å². The van der Waals surface area contributed by atoms with Crippen LogP contribution in [0.25, 0.3) is 21.9 Å². The minimum atomic E-state index is -1.17. The number of aliphatic carboxylic acids is 1. The second kappa shape index (κ2) is 9.53. The van der Waals surface area contributed by atoms with Gasteiger partial charge in [0.1, 0.15) is 28.3 Å². The molecule has 0 spiro atoms. The Labute approximate surface area is 220 Å². The Kier molecular flexibility index (Phi) is 6.05. The van der Waals surface area contributed by atoms with Crippen molar-refractivity contribution in [3.05, 3.63) is 83.4 Å². The number of fused-ring (bicyclic) bond motifs is 4. The topological polar surface area (TPSA) is 112 Å². The summed E-state index contributed by atoms with van der Waals surface area (Å²) in [7, 11) is 0. The van der Waals surface area contributed by atoms with E-state index in [9.17, 15) is 19.5 Å². The summed E-state index contributed by atoms with van der Waals surface area (Å²) in [5.74, 6) is -1.51. The molecule has 2 aliphatic heterocycles. The zero-order chi connectivity index (χ0) is 25.5. The molecular weight excluding hydrogens is 510 g/mol. The lowest BCUT2D eigenvalue weighted by Gasteiger charge is -2.49. The number of hydrogen-bond acceptors (Lipinski definition) is 7. The van der Waals surface area contributed by atoms with E-state index in [1.807, 2.05) is 72.8 Å². The lowest BCUT2D eigenvalue weighted by atomic mass is 10.1. The van der Waals surface area contributed by atoms with Gasteiger partial charge >= 0.3 is 5.97 Å². The maximum Gasteiger partial charge on any atom is 0.353 e. The summed E-state index contributed by atoms with van der Waals surface area (Å²) in [5.41, 5.74) is 2.28. The molecule has 1 saturated heterocycles. The van der Waals surface area contributed by atoms with Crippen LogP contribution < -0.4 is 10.6 Å². The molecule has 2 amide bonds. The fourth-order valence-electron chi connectivity index (χ4n) is 4.54. The van der Waals surface area contributed by atoms with E-state index >= 15 is 0 Å². The largest absolute Gasteiger partial charge is 0.477 e. The first-order valence-corrected chi connectivity index (χ1v) is 13.4. The molecule has 3 aromatic carbocycles. The van der Waals surface area contributed by atoms with Crippen LogP contribution >= 0.6 is 23.5 Å². The van der Waals surface area contributed by atoms with E-state index in [1.54, 1.807) is 0 Å². The van der Waals surface area contributed by atoms with Crippen LogP contribution in [-0.4, -0.2) is 51.5 Å². The average molecular weight is 532 g/mol. The first-order chi connectivity index (χ1) is 18.0. The van der Waals surface area contributed by atoms with E-state index in [2.05, 4.69) is 10.6 Å².